The highest BCUT2D eigenvalue weighted by Gasteiger charge is 2.39. The number of carbonyl (C=O) groups is 1. The summed E-state index contributed by atoms with van der Waals surface area (Å²) in [5.41, 5.74) is 0. The Morgan fingerprint density at radius 1 is 1.06 bits per heavy atom. The Hall–Kier alpha value is -0.700. The minimum Gasteiger partial charge on any atom is -0.355 e. The Kier molecular flexibility index (Phi) is 8.51. The van der Waals surface area contributed by atoms with Crippen LogP contribution < -0.4 is 16.0 Å². The van der Waals surface area contributed by atoms with E-state index in [4.69, 9.17) is 0 Å². The number of sulfonamides is 1. The van der Waals surface area contributed by atoms with Crippen molar-refractivity contribution in [2.45, 2.75) is 94.9 Å². The fraction of sp³-hybridized carbons (Fsp3) is 0.958. The standard InChI is InChI=1S/C24H44N4O3S/c1-18-6-2-3-8-23(18)32(30,31)28-14-10-19(11-15-28)7-4-5-12-26-24(29)22-16-20-17-25-13-9-21(20)27-22/h18-23,25,27H,2-17H2,1H3,(H,26,29). The number of fused-ring (bicyclic) bond motifs is 1. The highest BCUT2D eigenvalue weighted by molar-refractivity contribution is 7.89. The maximum atomic E-state index is 13.1. The van der Waals surface area contributed by atoms with E-state index in [9.17, 15) is 13.2 Å². The molecule has 4 fully saturated rings. The molecule has 0 aromatic rings. The zero-order valence-electron chi connectivity index (χ0n) is 19.9. The van der Waals surface area contributed by atoms with Gasteiger partial charge < -0.3 is 16.0 Å². The highest BCUT2D eigenvalue weighted by Crippen LogP contribution is 2.33. The van der Waals surface area contributed by atoms with Crippen LogP contribution in [-0.2, 0) is 14.8 Å². The summed E-state index contributed by atoms with van der Waals surface area (Å²) in [5, 5.41) is 9.92. The largest absolute Gasteiger partial charge is 0.355 e. The molecule has 0 aromatic heterocycles. The Balaban J connectivity index is 1.09. The van der Waals surface area contributed by atoms with Gasteiger partial charge in [-0.05, 0) is 75.8 Å². The molecule has 7 nitrogen and oxygen atoms in total. The number of rotatable bonds is 8. The lowest BCUT2D eigenvalue weighted by Gasteiger charge is -2.37. The Bertz CT molecular complexity index is 709. The third-order valence-corrected chi connectivity index (χ3v) is 11.1. The van der Waals surface area contributed by atoms with Gasteiger partial charge in [-0.2, -0.15) is 0 Å². The minimum absolute atomic E-state index is 0.0249. The van der Waals surface area contributed by atoms with Crippen molar-refractivity contribution < 1.29 is 13.2 Å². The van der Waals surface area contributed by atoms with Crippen LogP contribution in [0.15, 0.2) is 0 Å². The predicted octanol–water partition coefficient (Wildman–Crippen LogP) is 2.23. The lowest BCUT2D eigenvalue weighted by molar-refractivity contribution is -0.122. The van der Waals surface area contributed by atoms with Gasteiger partial charge in [-0.15, -0.1) is 0 Å². The fourth-order valence-electron chi connectivity index (χ4n) is 6.46. The average molecular weight is 469 g/mol. The summed E-state index contributed by atoms with van der Waals surface area (Å²) in [7, 11) is -3.14. The van der Waals surface area contributed by atoms with Crippen molar-refractivity contribution in [3.8, 4) is 0 Å². The third kappa shape index (κ3) is 5.86. The van der Waals surface area contributed by atoms with E-state index in [1.54, 1.807) is 4.31 Å². The van der Waals surface area contributed by atoms with Gasteiger partial charge in [0.05, 0.1) is 11.3 Å². The van der Waals surface area contributed by atoms with Crippen molar-refractivity contribution in [3.63, 3.8) is 0 Å². The molecule has 0 bridgehead atoms. The molecule has 4 aliphatic rings. The molecule has 5 unspecified atom stereocenters. The number of amides is 1. The van der Waals surface area contributed by atoms with Gasteiger partial charge in [0.1, 0.15) is 0 Å². The maximum absolute atomic E-state index is 13.1. The summed E-state index contributed by atoms with van der Waals surface area (Å²) < 4.78 is 28.0. The molecule has 0 spiro atoms. The monoisotopic (exact) mass is 468 g/mol. The molecule has 4 rings (SSSR count). The molecule has 32 heavy (non-hydrogen) atoms. The normalized spacial score (nSPS) is 34.8. The van der Waals surface area contributed by atoms with Gasteiger partial charge in [0.25, 0.3) is 0 Å². The predicted molar refractivity (Wildman–Crippen MR) is 128 cm³/mol. The number of nitrogens with zero attached hydrogens (tertiary/aromatic N) is 1. The minimum atomic E-state index is -3.14. The zero-order valence-corrected chi connectivity index (χ0v) is 20.7. The maximum Gasteiger partial charge on any atom is 0.237 e. The number of unbranched alkanes of at least 4 members (excludes halogenated alkanes) is 1. The van der Waals surface area contributed by atoms with E-state index in [2.05, 4.69) is 22.9 Å². The second-order valence-electron chi connectivity index (χ2n) is 10.8. The van der Waals surface area contributed by atoms with E-state index in [1.165, 1.54) is 6.42 Å². The third-order valence-electron chi connectivity index (χ3n) is 8.57. The number of hydrogen-bond acceptors (Lipinski definition) is 5. The van der Waals surface area contributed by atoms with Gasteiger partial charge in [-0.3, -0.25) is 4.79 Å². The number of carbonyl (C=O) groups excluding carboxylic acids is 1. The highest BCUT2D eigenvalue weighted by atomic mass is 32.2. The van der Waals surface area contributed by atoms with Crippen molar-refractivity contribution in [1.29, 1.82) is 0 Å². The Morgan fingerprint density at radius 2 is 1.84 bits per heavy atom. The number of hydrogen-bond donors (Lipinski definition) is 3. The van der Waals surface area contributed by atoms with E-state index in [0.29, 0.717) is 36.9 Å². The average Bonchev–Trinajstić information content (AvgIpc) is 3.24. The quantitative estimate of drug-likeness (QED) is 0.475. The topological polar surface area (TPSA) is 90.5 Å². The van der Waals surface area contributed by atoms with Crippen LogP contribution in [0.2, 0.25) is 0 Å². The van der Waals surface area contributed by atoms with Gasteiger partial charge in [-0.1, -0.05) is 32.6 Å². The van der Waals surface area contributed by atoms with Crippen LogP contribution in [0.1, 0.15) is 77.6 Å². The van der Waals surface area contributed by atoms with Crippen molar-refractivity contribution >= 4 is 15.9 Å². The Morgan fingerprint density at radius 3 is 2.59 bits per heavy atom. The van der Waals surface area contributed by atoms with Gasteiger partial charge in [0, 0.05) is 25.7 Å². The fourth-order valence-corrected chi connectivity index (χ4v) is 8.75. The van der Waals surface area contributed by atoms with Gasteiger partial charge in [0.2, 0.25) is 15.9 Å². The molecule has 0 aromatic carbocycles. The SMILES string of the molecule is CC1CCCCC1S(=O)(=O)N1CCC(CCCCNC(=O)C2CC3CNCCC3N2)CC1. The number of piperidine rings is 2. The first kappa shape index (κ1) is 24.4. The van der Waals surface area contributed by atoms with E-state index in [1.807, 2.05) is 0 Å². The van der Waals surface area contributed by atoms with Crippen LogP contribution in [-0.4, -0.2) is 68.7 Å². The summed E-state index contributed by atoms with van der Waals surface area (Å²) in [4.78, 5) is 12.5. The summed E-state index contributed by atoms with van der Waals surface area (Å²) in [6.45, 7) is 6.32. The molecule has 3 heterocycles. The molecule has 3 aliphatic heterocycles. The van der Waals surface area contributed by atoms with Gasteiger partial charge in [0.15, 0.2) is 0 Å². The van der Waals surface area contributed by atoms with Crippen molar-refractivity contribution in [1.82, 2.24) is 20.3 Å². The first-order valence-electron chi connectivity index (χ1n) is 13.2. The molecule has 184 valence electrons. The zero-order chi connectivity index (χ0) is 22.6. The number of nitrogens with one attached hydrogen (secondary N) is 3. The molecule has 3 saturated heterocycles. The molecule has 8 heteroatoms. The van der Waals surface area contributed by atoms with E-state index >= 15 is 0 Å². The second-order valence-corrected chi connectivity index (χ2v) is 12.9. The Labute approximate surface area is 194 Å². The molecule has 1 amide bonds. The van der Waals surface area contributed by atoms with Gasteiger partial charge in [-0.25, -0.2) is 12.7 Å². The summed E-state index contributed by atoms with van der Waals surface area (Å²) in [6, 6.07) is 0.478. The van der Waals surface area contributed by atoms with E-state index < -0.39 is 10.0 Å². The van der Waals surface area contributed by atoms with Crippen LogP contribution in [0.25, 0.3) is 0 Å². The lowest BCUT2D eigenvalue weighted by Crippen LogP contribution is -2.46. The molecule has 1 saturated carbocycles. The van der Waals surface area contributed by atoms with Crippen LogP contribution in [0.5, 0.6) is 0 Å². The van der Waals surface area contributed by atoms with Crippen molar-refractivity contribution in [2.24, 2.45) is 17.8 Å². The molecule has 5 atom stereocenters. The summed E-state index contributed by atoms with van der Waals surface area (Å²) in [5.74, 6) is 1.67. The molecular weight excluding hydrogens is 424 g/mol. The van der Waals surface area contributed by atoms with Crippen LogP contribution in [0.3, 0.4) is 0 Å². The first-order valence-corrected chi connectivity index (χ1v) is 14.7. The molecule has 3 N–H and O–H groups in total. The molecular formula is C24H44N4O3S. The van der Waals surface area contributed by atoms with E-state index in [-0.39, 0.29) is 17.2 Å². The van der Waals surface area contributed by atoms with E-state index in [0.717, 1.165) is 83.8 Å². The molecule has 1 aliphatic carbocycles. The summed E-state index contributed by atoms with van der Waals surface area (Å²) in [6.07, 6.45) is 11.4. The van der Waals surface area contributed by atoms with Crippen LogP contribution in [0, 0.1) is 17.8 Å². The summed E-state index contributed by atoms with van der Waals surface area (Å²) >= 11 is 0. The van der Waals surface area contributed by atoms with Crippen molar-refractivity contribution in [2.75, 3.05) is 32.7 Å². The van der Waals surface area contributed by atoms with Crippen molar-refractivity contribution in [3.05, 3.63) is 0 Å². The smallest absolute Gasteiger partial charge is 0.237 e. The molecule has 0 radical (unpaired) electrons. The van der Waals surface area contributed by atoms with Crippen LogP contribution >= 0.6 is 0 Å². The van der Waals surface area contributed by atoms with Crippen LogP contribution in [0.4, 0.5) is 0 Å². The second kappa shape index (κ2) is 11.2. The first-order chi connectivity index (χ1) is 15.4. The lowest BCUT2D eigenvalue weighted by atomic mass is 9.90. The van der Waals surface area contributed by atoms with Gasteiger partial charge >= 0.3 is 0 Å².